The minimum atomic E-state index is -1.59. The predicted molar refractivity (Wildman–Crippen MR) is 105 cm³/mol. The fourth-order valence-electron chi connectivity index (χ4n) is 3.72. The van der Waals surface area contributed by atoms with Gasteiger partial charge >= 0.3 is 0 Å². The Labute approximate surface area is 181 Å². The molecule has 0 spiro atoms. The van der Waals surface area contributed by atoms with Crippen LogP contribution >= 0.6 is 0 Å². The lowest BCUT2D eigenvalue weighted by Gasteiger charge is -2.39. The van der Waals surface area contributed by atoms with Gasteiger partial charge in [0.25, 0.3) is 0 Å². The van der Waals surface area contributed by atoms with Crippen LogP contribution in [0.5, 0.6) is 34.5 Å². The second-order valence-electron chi connectivity index (χ2n) is 7.76. The summed E-state index contributed by atoms with van der Waals surface area (Å²) in [4.78, 5) is 12.6. The second-order valence-corrected chi connectivity index (χ2v) is 7.76. The lowest BCUT2D eigenvalue weighted by Crippen LogP contribution is -2.58. The molecule has 4 rings (SSSR count). The number of carbonyl (C=O) groups excluding carboxylic acids is 1. The lowest BCUT2D eigenvalue weighted by molar-refractivity contribution is -0.268. The monoisotopic (exact) mass is 450 g/mol. The molecule has 2 heterocycles. The Morgan fingerprint density at radius 1 is 0.906 bits per heavy atom. The van der Waals surface area contributed by atoms with Crippen molar-refractivity contribution >= 4 is 5.78 Å². The van der Waals surface area contributed by atoms with Gasteiger partial charge in [-0.1, -0.05) is 0 Å². The third kappa shape index (κ3) is 3.75. The van der Waals surface area contributed by atoms with Crippen LogP contribution in [-0.2, 0) is 4.74 Å². The molecule has 1 fully saturated rings. The summed E-state index contributed by atoms with van der Waals surface area (Å²) in [6.07, 6.45) is -7.80. The summed E-state index contributed by atoms with van der Waals surface area (Å²) in [6.45, 7) is 1.48. The van der Waals surface area contributed by atoms with Gasteiger partial charge in [-0.05, 0) is 19.1 Å². The Hall–Kier alpha value is -3.25. The number of ether oxygens (including phenoxy) is 3. The number of fused-ring (bicyclic) bond motifs is 1. The third-order valence-corrected chi connectivity index (χ3v) is 5.50. The zero-order valence-electron chi connectivity index (χ0n) is 16.7. The largest absolute Gasteiger partial charge is 0.507 e. The number of phenols is 4. The van der Waals surface area contributed by atoms with Crippen molar-refractivity contribution in [2.75, 3.05) is 0 Å². The van der Waals surface area contributed by atoms with E-state index in [0.717, 1.165) is 18.2 Å². The number of rotatable bonds is 3. The number of hydrogen-bond acceptors (Lipinski definition) is 11. The van der Waals surface area contributed by atoms with Crippen molar-refractivity contribution in [3.8, 4) is 34.5 Å². The molecule has 2 aromatic carbocycles. The first kappa shape index (κ1) is 22.0. The molecule has 0 aromatic heterocycles. The number of hydrogen-bond donors (Lipinski definition) is 7. The molecule has 2 aromatic rings. The van der Waals surface area contributed by atoms with E-state index in [2.05, 4.69) is 0 Å². The van der Waals surface area contributed by atoms with Crippen molar-refractivity contribution in [3.63, 3.8) is 0 Å². The van der Waals surface area contributed by atoms with E-state index in [0.29, 0.717) is 0 Å². The molecule has 0 aliphatic carbocycles. The summed E-state index contributed by atoms with van der Waals surface area (Å²) in [5.41, 5.74) is 0.106. The first-order valence-corrected chi connectivity index (χ1v) is 9.74. The number of ketones is 1. The maximum absolute atomic E-state index is 12.6. The Kier molecular flexibility index (Phi) is 5.51. The predicted octanol–water partition coefficient (Wildman–Crippen LogP) is 0.422. The van der Waals surface area contributed by atoms with Gasteiger partial charge < -0.3 is 50.0 Å². The maximum atomic E-state index is 12.6. The number of carbonyl (C=O) groups is 1. The first-order chi connectivity index (χ1) is 15.1. The number of aliphatic hydroxyl groups is 3. The van der Waals surface area contributed by atoms with E-state index in [1.807, 2.05) is 0 Å². The Morgan fingerprint density at radius 3 is 2.22 bits per heavy atom. The van der Waals surface area contributed by atoms with Crippen molar-refractivity contribution in [2.24, 2.45) is 0 Å². The van der Waals surface area contributed by atoms with Crippen LogP contribution in [0.2, 0.25) is 0 Å². The summed E-state index contributed by atoms with van der Waals surface area (Å²) in [5, 5.41) is 69.2. The zero-order valence-corrected chi connectivity index (χ0v) is 16.7. The normalized spacial score (nSPS) is 29.8. The Bertz CT molecular complexity index is 1030. The van der Waals surface area contributed by atoms with Gasteiger partial charge in [0.2, 0.25) is 6.29 Å². The molecule has 0 amide bonds. The van der Waals surface area contributed by atoms with Crippen molar-refractivity contribution in [1.29, 1.82) is 0 Å². The fourth-order valence-corrected chi connectivity index (χ4v) is 3.72. The van der Waals surface area contributed by atoms with E-state index < -0.39 is 65.6 Å². The Morgan fingerprint density at radius 2 is 1.56 bits per heavy atom. The van der Waals surface area contributed by atoms with Gasteiger partial charge in [-0.2, -0.15) is 0 Å². The van der Waals surface area contributed by atoms with Crippen LogP contribution in [0.4, 0.5) is 0 Å². The summed E-state index contributed by atoms with van der Waals surface area (Å²) in [6, 6.07) is 4.67. The quantitative estimate of drug-likeness (QED) is 0.321. The van der Waals surface area contributed by atoms with Gasteiger partial charge in [0.05, 0.1) is 12.5 Å². The summed E-state index contributed by atoms with van der Waals surface area (Å²) in [7, 11) is 0. The smallest absolute Gasteiger partial charge is 0.229 e. The molecular weight excluding hydrogens is 428 g/mol. The number of Topliss-reactive ketones (excluding diaryl/α,β-unsaturated/α-hetero) is 1. The van der Waals surface area contributed by atoms with E-state index in [-0.39, 0.29) is 29.0 Å². The van der Waals surface area contributed by atoms with E-state index in [1.165, 1.54) is 13.0 Å². The molecule has 6 atom stereocenters. The number of aliphatic hydroxyl groups excluding tert-OH is 3. The average molecular weight is 450 g/mol. The molecule has 2 aliphatic rings. The van der Waals surface area contributed by atoms with Gasteiger partial charge in [0.15, 0.2) is 23.0 Å². The van der Waals surface area contributed by atoms with E-state index in [4.69, 9.17) is 14.2 Å². The van der Waals surface area contributed by atoms with Crippen molar-refractivity contribution in [3.05, 3.63) is 35.4 Å². The minimum absolute atomic E-state index is 0.0501. The summed E-state index contributed by atoms with van der Waals surface area (Å²) in [5.74, 6) is -2.94. The molecule has 32 heavy (non-hydrogen) atoms. The topological polar surface area (TPSA) is 186 Å². The van der Waals surface area contributed by atoms with Crippen LogP contribution in [-0.4, -0.2) is 72.2 Å². The molecule has 1 saturated heterocycles. The molecular formula is C21H22O11. The molecule has 11 nitrogen and oxygen atoms in total. The maximum Gasteiger partial charge on any atom is 0.229 e. The van der Waals surface area contributed by atoms with Gasteiger partial charge in [0.1, 0.15) is 47.2 Å². The highest BCUT2D eigenvalue weighted by molar-refractivity contribution is 6.02. The van der Waals surface area contributed by atoms with Gasteiger partial charge in [-0.25, -0.2) is 0 Å². The van der Waals surface area contributed by atoms with Gasteiger partial charge in [0, 0.05) is 17.7 Å². The van der Waals surface area contributed by atoms with Crippen LogP contribution in [0, 0.1) is 0 Å². The number of benzene rings is 2. The van der Waals surface area contributed by atoms with Crippen molar-refractivity contribution in [2.45, 2.75) is 50.2 Å². The standard InChI is InChI=1S/C21H22O11/c1-7-17(26)19(28)20(29)21(30-7)31-9-4-10(22)16-11(23)6-14(32-15(16)5-9)8-2-12(24)18(27)13(25)3-8/h2-5,7,14,17,19-22,24-29H,6H2,1H3/t7-,14+,17-,19+,20+,21+/m1/s1. The highest BCUT2D eigenvalue weighted by atomic mass is 16.7. The molecule has 0 saturated carbocycles. The summed E-state index contributed by atoms with van der Waals surface area (Å²) < 4.78 is 16.7. The molecule has 0 bridgehead atoms. The van der Waals surface area contributed by atoms with Crippen LogP contribution in [0.3, 0.4) is 0 Å². The van der Waals surface area contributed by atoms with Crippen LogP contribution in [0.1, 0.15) is 35.4 Å². The van der Waals surface area contributed by atoms with E-state index in [1.54, 1.807) is 0 Å². The third-order valence-electron chi connectivity index (χ3n) is 5.50. The Balaban J connectivity index is 1.62. The molecule has 2 aliphatic heterocycles. The zero-order chi connectivity index (χ0) is 23.3. The summed E-state index contributed by atoms with van der Waals surface area (Å²) >= 11 is 0. The highest BCUT2D eigenvalue weighted by Crippen LogP contribution is 2.45. The average Bonchev–Trinajstić information content (AvgIpc) is 2.73. The lowest BCUT2D eigenvalue weighted by atomic mass is 9.95. The minimum Gasteiger partial charge on any atom is -0.507 e. The van der Waals surface area contributed by atoms with E-state index >= 15 is 0 Å². The molecule has 11 heteroatoms. The molecule has 0 radical (unpaired) electrons. The SMILES string of the molecule is C[C@H]1O[C@@H](Oc2cc(O)c3c(c2)O[C@H](c2cc(O)c(O)c(O)c2)CC3=O)[C@@H](O)[C@@H](O)[C@@H]1O. The van der Waals surface area contributed by atoms with Crippen LogP contribution < -0.4 is 9.47 Å². The van der Waals surface area contributed by atoms with Gasteiger partial charge in [-0.15, -0.1) is 0 Å². The molecule has 172 valence electrons. The highest BCUT2D eigenvalue weighted by Gasteiger charge is 2.43. The van der Waals surface area contributed by atoms with Gasteiger partial charge in [-0.3, -0.25) is 4.79 Å². The second kappa shape index (κ2) is 8.02. The molecule has 7 N–H and O–H groups in total. The van der Waals surface area contributed by atoms with E-state index in [9.17, 15) is 40.5 Å². The van der Waals surface area contributed by atoms with Crippen LogP contribution in [0.25, 0.3) is 0 Å². The fraction of sp³-hybridized carbons (Fsp3) is 0.381. The number of phenolic OH excluding ortho intramolecular Hbond substituents is 4. The van der Waals surface area contributed by atoms with Crippen molar-refractivity contribution in [1.82, 2.24) is 0 Å². The van der Waals surface area contributed by atoms with Crippen molar-refractivity contribution < 1.29 is 54.8 Å². The molecule has 0 unspecified atom stereocenters. The van der Waals surface area contributed by atoms with Crippen LogP contribution in [0.15, 0.2) is 24.3 Å². The number of aromatic hydroxyl groups is 4. The first-order valence-electron chi connectivity index (χ1n) is 9.74.